The number of rotatable bonds is 13. The predicted octanol–water partition coefficient (Wildman–Crippen LogP) is 6.65. The van der Waals surface area contributed by atoms with Gasteiger partial charge < -0.3 is 18.9 Å². The second-order valence-corrected chi connectivity index (χ2v) is 8.61. The maximum absolute atomic E-state index is 12.0. The largest absolute Gasteiger partial charge is 0.508 e. The molecule has 0 amide bonds. The first kappa shape index (κ1) is 25.6. The van der Waals surface area contributed by atoms with Crippen LogP contribution >= 0.6 is 0 Å². The van der Waals surface area contributed by atoms with Crippen molar-refractivity contribution in [3.8, 4) is 0 Å². The lowest BCUT2D eigenvalue weighted by atomic mass is 9.95. The zero-order chi connectivity index (χ0) is 21.5. The molecule has 0 aromatic heterocycles. The van der Waals surface area contributed by atoms with Gasteiger partial charge in [0.15, 0.2) is 0 Å². The average molecular weight is 415 g/mol. The third-order valence-electron chi connectivity index (χ3n) is 5.48. The highest BCUT2D eigenvalue weighted by atomic mass is 16.7. The Bertz CT molecular complexity index is 451. The standard InChI is InChI=1S/C23H42O6/c1-5-7-12-19(6-2)17-27-23(25)29-21-14-10-13-20(16-21)28-22(24)26-15-9-8-11-18(3)4/h18-21H,5-17H2,1-4H3. The van der Waals surface area contributed by atoms with Crippen LogP contribution in [0.2, 0.25) is 0 Å². The minimum absolute atomic E-state index is 0.266. The van der Waals surface area contributed by atoms with Crippen LogP contribution in [0.25, 0.3) is 0 Å². The molecule has 0 bridgehead atoms. The summed E-state index contributed by atoms with van der Waals surface area (Å²) in [5, 5.41) is 0. The molecule has 0 aliphatic heterocycles. The van der Waals surface area contributed by atoms with Gasteiger partial charge in [0.05, 0.1) is 13.2 Å². The molecular formula is C23H42O6. The van der Waals surface area contributed by atoms with Crippen molar-refractivity contribution >= 4 is 12.3 Å². The Morgan fingerprint density at radius 1 is 0.897 bits per heavy atom. The summed E-state index contributed by atoms with van der Waals surface area (Å²) in [5.41, 5.74) is 0. The van der Waals surface area contributed by atoms with Crippen LogP contribution in [-0.2, 0) is 18.9 Å². The predicted molar refractivity (Wildman–Crippen MR) is 113 cm³/mol. The molecule has 0 saturated heterocycles. The van der Waals surface area contributed by atoms with Crippen molar-refractivity contribution in [1.82, 2.24) is 0 Å². The SMILES string of the molecule is CCCCC(CC)COC(=O)OC1CCCC(OC(=O)OCCCCC(C)C)C1. The van der Waals surface area contributed by atoms with Crippen LogP contribution in [0.1, 0.15) is 98.3 Å². The van der Waals surface area contributed by atoms with Crippen LogP contribution in [0, 0.1) is 11.8 Å². The molecule has 0 N–H and O–H groups in total. The molecule has 3 unspecified atom stereocenters. The molecule has 1 aliphatic carbocycles. The van der Waals surface area contributed by atoms with Crippen LogP contribution in [0.4, 0.5) is 9.59 Å². The molecule has 170 valence electrons. The van der Waals surface area contributed by atoms with Crippen LogP contribution < -0.4 is 0 Å². The quantitative estimate of drug-likeness (QED) is 0.248. The van der Waals surface area contributed by atoms with E-state index >= 15 is 0 Å². The van der Waals surface area contributed by atoms with Crippen LogP contribution in [-0.4, -0.2) is 37.7 Å². The first-order valence-corrected chi connectivity index (χ1v) is 11.6. The molecule has 6 nitrogen and oxygen atoms in total. The summed E-state index contributed by atoms with van der Waals surface area (Å²) in [6.45, 7) is 9.43. The van der Waals surface area contributed by atoms with E-state index in [1.807, 2.05) is 0 Å². The van der Waals surface area contributed by atoms with Crippen LogP contribution in [0.5, 0.6) is 0 Å². The molecule has 0 spiro atoms. The molecule has 0 aromatic rings. The monoisotopic (exact) mass is 414 g/mol. The first-order chi connectivity index (χ1) is 13.9. The van der Waals surface area contributed by atoms with Gasteiger partial charge in [-0.1, -0.05) is 53.4 Å². The molecule has 1 saturated carbocycles. The third kappa shape index (κ3) is 12.7. The molecular weight excluding hydrogens is 372 g/mol. The fraction of sp³-hybridized carbons (Fsp3) is 0.913. The van der Waals surface area contributed by atoms with E-state index < -0.39 is 12.3 Å². The lowest BCUT2D eigenvalue weighted by Gasteiger charge is -2.28. The van der Waals surface area contributed by atoms with Gasteiger partial charge in [0.1, 0.15) is 12.2 Å². The average Bonchev–Trinajstić information content (AvgIpc) is 2.68. The Hall–Kier alpha value is -1.46. The van der Waals surface area contributed by atoms with E-state index in [1.165, 1.54) is 0 Å². The highest BCUT2D eigenvalue weighted by Crippen LogP contribution is 2.24. The number of carbonyl (C=O) groups excluding carboxylic acids is 2. The summed E-state index contributed by atoms with van der Waals surface area (Å²) in [4.78, 5) is 23.9. The minimum Gasteiger partial charge on any atom is -0.434 e. The van der Waals surface area contributed by atoms with E-state index in [2.05, 4.69) is 27.7 Å². The summed E-state index contributed by atoms with van der Waals surface area (Å²) in [6, 6.07) is 0. The van der Waals surface area contributed by atoms with Gasteiger partial charge in [-0.25, -0.2) is 9.59 Å². The van der Waals surface area contributed by atoms with E-state index in [4.69, 9.17) is 18.9 Å². The van der Waals surface area contributed by atoms with Gasteiger partial charge >= 0.3 is 12.3 Å². The van der Waals surface area contributed by atoms with Gasteiger partial charge in [0, 0.05) is 6.42 Å². The Morgan fingerprint density at radius 2 is 1.55 bits per heavy atom. The molecule has 29 heavy (non-hydrogen) atoms. The molecule has 1 rings (SSSR count). The Kier molecular flexibility index (Phi) is 13.6. The zero-order valence-corrected chi connectivity index (χ0v) is 19.0. The lowest BCUT2D eigenvalue weighted by molar-refractivity contribution is -0.0374. The molecule has 3 atom stereocenters. The van der Waals surface area contributed by atoms with Gasteiger partial charge in [-0.15, -0.1) is 0 Å². The van der Waals surface area contributed by atoms with Gasteiger partial charge in [-0.3, -0.25) is 0 Å². The van der Waals surface area contributed by atoms with Crippen LogP contribution in [0.3, 0.4) is 0 Å². The molecule has 0 radical (unpaired) electrons. The topological polar surface area (TPSA) is 71.1 Å². The fourth-order valence-electron chi connectivity index (χ4n) is 3.55. The first-order valence-electron chi connectivity index (χ1n) is 11.6. The number of hydrogen-bond acceptors (Lipinski definition) is 6. The smallest absolute Gasteiger partial charge is 0.434 e. The molecule has 1 aliphatic rings. The number of carbonyl (C=O) groups is 2. The van der Waals surface area contributed by atoms with Crippen molar-refractivity contribution in [2.75, 3.05) is 13.2 Å². The van der Waals surface area contributed by atoms with E-state index in [-0.39, 0.29) is 12.2 Å². The van der Waals surface area contributed by atoms with Gasteiger partial charge in [0.2, 0.25) is 0 Å². The molecule has 1 fully saturated rings. The lowest BCUT2D eigenvalue weighted by Crippen LogP contribution is -2.32. The maximum atomic E-state index is 12.0. The second-order valence-electron chi connectivity index (χ2n) is 8.61. The van der Waals surface area contributed by atoms with Gasteiger partial charge in [0.25, 0.3) is 0 Å². The molecule has 0 aromatic carbocycles. The van der Waals surface area contributed by atoms with Crippen LogP contribution in [0.15, 0.2) is 0 Å². The molecule has 0 heterocycles. The maximum Gasteiger partial charge on any atom is 0.508 e. The van der Waals surface area contributed by atoms with Crippen molar-refractivity contribution in [3.63, 3.8) is 0 Å². The highest BCUT2D eigenvalue weighted by Gasteiger charge is 2.28. The summed E-state index contributed by atoms with van der Waals surface area (Å²) in [7, 11) is 0. The minimum atomic E-state index is -0.621. The number of ether oxygens (including phenoxy) is 4. The summed E-state index contributed by atoms with van der Waals surface area (Å²) >= 11 is 0. The van der Waals surface area contributed by atoms with Gasteiger partial charge in [-0.2, -0.15) is 0 Å². The van der Waals surface area contributed by atoms with E-state index in [9.17, 15) is 9.59 Å². The van der Waals surface area contributed by atoms with Crippen molar-refractivity contribution in [1.29, 1.82) is 0 Å². The van der Waals surface area contributed by atoms with E-state index in [1.54, 1.807) is 0 Å². The third-order valence-corrected chi connectivity index (χ3v) is 5.48. The highest BCUT2D eigenvalue weighted by molar-refractivity contribution is 5.60. The van der Waals surface area contributed by atoms with E-state index in [0.717, 1.165) is 64.2 Å². The fourth-order valence-corrected chi connectivity index (χ4v) is 3.55. The summed E-state index contributed by atoms with van der Waals surface area (Å²) < 4.78 is 21.3. The summed E-state index contributed by atoms with van der Waals surface area (Å²) in [5.74, 6) is 1.05. The van der Waals surface area contributed by atoms with Crippen molar-refractivity contribution < 1.29 is 28.5 Å². The Labute approximate surface area is 177 Å². The van der Waals surface area contributed by atoms with Crippen molar-refractivity contribution in [2.24, 2.45) is 11.8 Å². The van der Waals surface area contributed by atoms with Crippen molar-refractivity contribution in [2.45, 2.75) is 111 Å². The Balaban J connectivity index is 2.22. The Morgan fingerprint density at radius 3 is 2.14 bits per heavy atom. The normalized spacial score (nSPS) is 20.2. The van der Waals surface area contributed by atoms with E-state index in [0.29, 0.717) is 31.5 Å². The summed E-state index contributed by atoms with van der Waals surface area (Å²) in [6.07, 6.45) is 8.50. The molecule has 6 heteroatoms. The number of hydrogen-bond donors (Lipinski definition) is 0. The zero-order valence-electron chi connectivity index (χ0n) is 19.0. The number of unbranched alkanes of at least 4 members (excludes halogenated alkanes) is 2. The second kappa shape index (κ2) is 15.4. The van der Waals surface area contributed by atoms with Gasteiger partial charge in [-0.05, 0) is 50.4 Å². The van der Waals surface area contributed by atoms with Crippen molar-refractivity contribution in [3.05, 3.63) is 0 Å².